The summed E-state index contributed by atoms with van der Waals surface area (Å²) in [5.41, 5.74) is 3.50. The summed E-state index contributed by atoms with van der Waals surface area (Å²) in [5.74, 6) is 1.07. The maximum absolute atomic E-state index is 13.9. The minimum Gasteiger partial charge on any atom is -0.497 e. The molecule has 0 aliphatic heterocycles. The number of benzene rings is 2. The molecule has 0 bridgehead atoms. The van der Waals surface area contributed by atoms with Crippen molar-refractivity contribution < 1.29 is 13.9 Å². The van der Waals surface area contributed by atoms with Gasteiger partial charge in [0.15, 0.2) is 5.82 Å². The van der Waals surface area contributed by atoms with Crippen LogP contribution in [0.2, 0.25) is 0 Å². The Hall–Kier alpha value is -3.74. The lowest BCUT2D eigenvalue weighted by atomic mass is 10.0. The first kappa shape index (κ1) is 17.7. The van der Waals surface area contributed by atoms with E-state index in [-0.39, 0.29) is 0 Å². The van der Waals surface area contributed by atoms with Gasteiger partial charge in [-0.25, -0.2) is 9.07 Å². The normalized spacial score (nSPS) is 10.7. The van der Waals surface area contributed by atoms with Gasteiger partial charge in [-0.05, 0) is 42.0 Å². The third-order valence-corrected chi connectivity index (χ3v) is 4.39. The lowest BCUT2D eigenvalue weighted by molar-refractivity contribution is 0.404. The Kier molecular flexibility index (Phi) is 4.72. The Bertz CT molecular complexity index is 1110. The highest BCUT2D eigenvalue weighted by atomic mass is 19.1. The van der Waals surface area contributed by atoms with Crippen LogP contribution in [-0.2, 0) is 0 Å². The molecule has 0 saturated heterocycles. The summed E-state index contributed by atoms with van der Waals surface area (Å²) in [6.07, 6.45) is 4.36. The number of aromatic nitrogens is 4. The molecule has 4 aromatic rings. The number of pyridine rings is 1. The van der Waals surface area contributed by atoms with Crippen LogP contribution in [0, 0.1) is 5.82 Å². The van der Waals surface area contributed by atoms with Crippen LogP contribution in [-0.4, -0.2) is 34.2 Å². The summed E-state index contributed by atoms with van der Waals surface area (Å²) in [6.45, 7) is 0. The van der Waals surface area contributed by atoms with E-state index in [1.54, 1.807) is 31.2 Å². The van der Waals surface area contributed by atoms with Gasteiger partial charge in [0.2, 0.25) is 0 Å². The van der Waals surface area contributed by atoms with Crippen molar-refractivity contribution in [1.29, 1.82) is 0 Å². The van der Waals surface area contributed by atoms with E-state index in [4.69, 9.17) is 9.47 Å². The lowest BCUT2D eigenvalue weighted by Crippen LogP contribution is -1.95. The van der Waals surface area contributed by atoms with E-state index in [9.17, 15) is 4.39 Å². The molecule has 2 heterocycles. The molecule has 0 saturated carbocycles. The summed E-state index contributed by atoms with van der Waals surface area (Å²) >= 11 is 0. The Morgan fingerprint density at radius 2 is 1.75 bits per heavy atom. The zero-order chi connectivity index (χ0) is 19.5. The molecule has 0 unspecified atom stereocenters. The molecule has 0 fully saturated rings. The number of ether oxygens (including phenoxy) is 2. The second-order valence-electron chi connectivity index (χ2n) is 6.02. The number of hydrogen-bond acceptors (Lipinski definition) is 5. The molecule has 0 spiro atoms. The molecule has 7 heteroatoms. The van der Waals surface area contributed by atoms with Crippen molar-refractivity contribution in [3.63, 3.8) is 0 Å². The average molecular weight is 376 g/mol. The van der Waals surface area contributed by atoms with E-state index >= 15 is 0 Å². The van der Waals surface area contributed by atoms with Gasteiger partial charge in [0, 0.05) is 17.3 Å². The molecular formula is C21H17FN4O2. The van der Waals surface area contributed by atoms with Gasteiger partial charge < -0.3 is 9.47 Å². The molecule has 0 amide bonds. The fourth-order valence-corrected chi connectivity index (χ4v) is 2.93. The van der Waals surface area contributed by atoms with Gasteiger partial charge in [0.1, 0.15) is 17.2 Å². The van der Waals surface area contributed by atoms with Crippen LogP contribution in [0.4, 0.5) is 4.39 Å². The second-order valence-corrected chi connectivity index (χ2v) is 6.02. The minimum absolute atomic E-state index is 0.360. The quantitative estimate of drug-likeness (QED) is 0.524. The summed E-state index contributed by atoms with van der Waals surface area (Å²) in [4.78, 5) is 3.75. The summed E-state index contributed by atoms with van der Waals surface area (Å²) in [6, 6.07) is 15.0. The predicted octanol–water partition coefficient (Wildman–Crippen LogP) is 4.15. The van der Waals surface area contributed by atoms with E-state index in [1.165, 1.54) is 6.20 Å². The molecule has 0 aliphatic rings. The molecule has 140 valence electrons. The van der Waals surface area contributed by atoms with Gasteiger partial charge in [-0.3, -0.25) is 4.98 Å². The standard InChI is InChI=1S/C21H17FN4O2/c1-27-16-7-8-21(28-2)18(11-16)14-3-5-15(6-4-14)26-13-20(24-25-26)17-9-10-23-12-19(17)22/h3-13H,1-2H3. The number of methoxy groups -OCH3 is 2. The second kappa shape index (κ2) is 7.48. The highest BCUT2D eigenvalue weighted by Gasteiger charge is 2.11. The first-order valence-electron chi connectivity index (χ1n) is 8.54. The summed E-state index contributed by atoms with van der Waals surface area (Å²) < 4.78 is 26.3. The van der Waals surface area contributed by atoms with E-state index in [2.05, 4.69) is 15.3 Å². The molecular weight excluding hydrogens is 359 g/mol. The minimum atomic E-state index is -0.435. The molecule has 2 aromatic heterocycles. The van der Waals surface area contributed by atoms with Crippen LogP contribution in [0.25, 0.3) is 28.1 Å². The van der Waals surface area contributed by atoms with Crippen LogP contribution >= 0.6 is 0 Å². The summed E-state index contributed by atoms with van der Waals surface area (Å²) in [7, 11) is 3.26. The Labute approximate surface area is 161 Å². The van der Waals surface area contributed by atoms with Crippen molar-refractivity contribution in [2.75, 3.05) is 14.2 Å². The van der Waals surface area contributed by atoms with E-state index in [0.717, 1.165) is 34.5 Å². The van der Waals surface area contributed by atoms with Crippen LogP contribution < -0.4 is 9.47 Å². The Morgan fingerprint density at radius 3 is 2.46 bits per heavy atom. The molecule has 0 atom stereocenters. The lowest BCUT2D eigenvalue weighted by Gasteiger charge is -2.11. The fraction of sp³-hybridized carbons (Fsp3) is 0.0952. The zero-order valence-electron chi connectivity index (χ0n) is 15.3. The molecule has 4 rings (SSSR count). The van der Waals surface area contributed by atoms with Gasteiger partial charge in [-0.2, -0.15) is 0 Å². The summed E-state index contributed by atoms with van der Waals surface area (Å²) in [5, 5.41) is 8.17. The number of rotatable bonds is 5. The first-order valence-corrected chi connectivity index (χ1v) is 8.54. The third kappa shape index (κ3) is 3.29. The molecule has 28 heavy (non-hydrogen) atoms. The van der Waals surface area contributed by atoms with Crippen molar-refractivity contribution in [2.45, 2.75) is 0 Å². The Balaban J connectivity index is 1.66. The van der Waals surface area contributed by atoms with Crippen LogP contribution in [0.5, 0.6) is 11.5 Å². The van der Waals surface area contributed by atoms with Crippen molar-refractivity contribution in [3.05, 3.63) is 72.9 Å². The average Bonchev–Trinajstić information content (AvgIpc) is 3.23. The fourth-order valence-electron chi connectivity index (χ4n) is 2.93. The van der Waals surface area contributed by atoms with E-state index in [1.807, 2.05) is 42.5 Å². The number of nitrogens with zero attached hydrogens (tertiary/aromatic N) is 4. The van der Waals surface area contributed by atoms with Gasteiger partial charge in [-0.15, -0.1) is 5.10 Å². The van der Waals surface area contributed by atoms with Crippen molar-refractivity contribution in [1.82, 2.24) is 20.0 Å². The third-order valence-electron chi connectivity index (χ3n) is 4.39. The van der Waals surface area contributed by atoms with Gasteiger partial charge in [-0.1, -0.05) is 17.3 Å². The monoisotopic (exact) mass is 376 g/mol. The highest BCUT2D eigenvalue weighted by molar-refractivity contribution is 5.72. The van der Waals surface area contributed by atoms with Crippen molar-refractivity contribution in [2.24, 2.45) is 0 Å². The zero-order valence-corrected chi connectivity index (χ0v) is 15.3. The molecule has 2 aromatic carbocycles. The Morgan fingerprint density at radius 1 is 0.929 bits per heavy atom. The number of halogens is 1. The van der Waals surface area contributed by atoms with E-state index < -0.39 is 5.82 Å². The van der Waals surface area contributed by atoms with Crippen molar-refractivity contribution in [3.8, 4) is 39.6 Å². The smallest absolute Gasteiger partial charge is 0.150 e. The maximum Gasteiger partial charge on any atom is 0.150 e. The van der Waals surface area contributed by atoms with E-state index in [0.29, 0.717) is 11.3 Å². The topological polar surface area (TPSA) is 62.1 Å². The molecule has 6 nitrogen and oxygen atoms in total. The van der Waals surface area contributed by atoms with Gasteiger partial charge >= 0.3 is 0 Å². The van der Waals surface area contributed by atoms with Crippen LogP contribution in [0.1, 0.15) is 0 Å². The number of hydrogen-bond donors (Lipinski definition) is 0. The molecule has 0 N–H and O–H groups in total. The van der Waals surface area contributed by atoms with Crippen LogP contribution in [0.3, 0.4) is 0 Å². The first-order chi connectivity index (χ1) is 13.7. The largest absolute Gasteiger partial charge is 0.497 e. The van der Waals surface area contributed by atoms with Gasteiger partial charge in [0.25, 0.3) is 0 Å². The highest BCUT2D eigenvalue weighted by Crippen LogP contribution is 2.33. The maximum atomic E-state index is 13.9. The van der Waals surface area contributed by atoms with Gasteiger partial charge in [0.05, 0.1) is 32.3 Å². The predicted molar refractivity (Wildman–Crippen MR) is 103 cm³/mol. The SMILES string of the molecule is COc1ccc(OC)c(-c2ccc(-n3cc(-c4ccncc4F)nn3)cc2)c1. The molecule has 0 aliphatic carbocycles. The van der Waals surface area contributed by atoms with Crippen LogP contribution in [0.15, 0.2) is 67.1 Å². The molecule has 0 radical (unpaired) electrons. The van der Waals surface area contributed by atoms with Crippen molar-refractivity contribution >= 4 is 0 Å².